The summed E-state index contributed by atoms with van der Waals surface area (Å²) in [6.45, 7) is 1.71. The second-order valence-electron chi connectivity index (χ2n) is 4.93. The van der Waals surface area contributed by atoms with E-state index in [4.69, 9.17) is 5.11 Å². The van der Waals surface area contributed by atoms with Crippen LogP contribution in [0.5, 0.6) is 0 Å². The molecular formula is C16H16N2O4. The lowest BCUT2D eigenvalue weighted by atomic mass is 10.0. The number of carboxylic acid groups (broad SMARTS) is 1. The molecule has 2 rings (SSSR count). The van der Waals surface area contributed by atoms with Crippen LogP contribution in [0, 0.1) is 6.92 Å². The van der Waals surface area contributed by atoms with E-state index in [9.17, 15) is 14.4 Å². The molecule has 3 N–H and O–H groups in total. The van der Waals surface area contributed by atoms with Crippen molar-refractivity contribution in [3.05, 3.63) is 69.6 Å². The van der Waals surface area contributed by atoms with Gasteiger partial charge in [0.15, 0.2) is 5.43 Å². The molecule has 1 amide bonds. The molecule has 0 spiro atoms. The predicted molar refractivity (Wildman–Crippen MR) is 80.7 cm³/mol. The number of hydrogen-bond acceptors (Lipinski definition) is 3. The molecule has 1 unspecified atom stereocenters. The van der Waals surface area contributed by atoms with E-state index in [1.807, 2.05) is 0 Å². The molecule has 114 valence electrons. The van der Waals surface area contributed by atoms with E-state index in [1.165, 1.54) is 12.3 Å². The van der Waals surface area contributed by atoms with Gasteiger partial charge in [-0.15, -0.1) is 0 Å². The highest BCUT2D eigenvalue weighted by Crippen LogP contribution is 2.16. The van der Waals surface area contributed by atoms with Crippen LogP contribution >= 0.6 is 0 Å². The maximum Gasteiger partial charge on any atom is 0.305 e. The van der Waals surface area contributed by atoms with Crippen molar-refractivity contribution in [1.29, 1.82) is 0 Å². The summed E-state index contributed by atoms with van der Waals surface area (Å²) in [5.41, 5.74) is 0.862. The Hall–Kier alpha value is -2.89. The molecule has 0 aliphatic rings. The second-order valence-corrected chi connectivity index (χ2v) is 4.93. The molecule has 1 heterocycles. The van der Waals surface area contributed by atoms with Crippen LogP contribution in [0.2, 0.25) is 0 Å². The molecule has 0 radical (unpaired) electrons. The predicted octanol–water partition coefficient (Wildman–Crippen LogP) is 1.63. The minimum absolute atomic E-state index is 0.0445. The van der Waals surface area contributed by atoms with Crippen LogP contribution in [0.15, 0.2) is 47.4 Å². The van der Waals surface area contributed by atoms with Gasteiger partial charge in [-0.1, -0.05) is 30.3 Å². The van der Waals surface area contributed by atoms with E-state index in [1.54, 1.807) is 37.3 Å². The largest absolute Gasteiger partial charge is 0.481 e. The van der Waals surface area contributed by atoms with Crippen molar-refractivity contribution < 1.29 is 14.7 Å². The SMILES string of the molecule is Cc1cc(=O)c(C(=O)NC(CC(=O)O)c2ccccc2)c[nH]1. The summed E-state index contributed by atoms with van der Waals surface area (Å²) in [4.78, 5) is 37.8. The van der Waals surface area contributed by atoms with Gasteiger partial charge in [0.2, 0.25) is 0 Å². The minimum Gasteiger partial charge on any atom is -0.481 e. The van der Waals surface area contributed by atoms with Crippen molar-refractivity contribution >= 4 is 11.9 Å². The lowest BCUT2D eigenvalue weighted by Gasteiger charge is -2.17. The highest BCUT2D eigenvalue weighted by Gasteiger charge is 2.20. The number of aromatic amines is 1. The number of amides is 1. The number of aliphatic carboxylic acids is 1. The highest BCUT2D eigenvalue weighted by atomic mass is 16.4. The fourth-order valence-electron chi connectivity index (χ4n) is 2.10. The number of aryl methyl sites for hydroxylation is 1. The Bertz CT molecular complexity index is 737. The van der Waals surface area contributed by atoms with Gasteiger partial charge < -0.3 is 15.4 Å². The van der Waals surface area contributed by atoms with Crippen LogP contribution in [0.3, 0.4) is 0 Å². The molecule has 0 saturated carbocycles. The third kappa shape index (κ3) is 3.82. The Morgan fingerprint density at radius 2 is 1.95 bits per heavy atom. The fourth-order valence-corrected chi connectivity index (χ4v) is 2.10. The maximum atomic E-state index is 12.2. The van der Waals surface area contributed by atoms with E-state index in [0.717, 1.165) is 0 Å². The van der Waals surface area contributed by atoms with Crippen molar-refractivity contribution in [1.82, 2.24) is 10.3 Å². The van der Waals surface area contributed by atoms with Crippen LogP contribution < -0.4 is 10.7 Å². The van der Waals surface area contributed by atoms with Crippen molar-refractivity contribution in [3.63, 3.8) is 0 Å². The lowest BCUT2D eigenvalue weighted by molar-refractivity contribution is -0.137. The number of H-pyrrole nitrogens is 1. The summed E-state index contributed by atoms with van der Waals surface area (Å²) in [7, 11) is 0. The second kappa shape index (κ2) is 6.71. The number of aromatic nitrogens is 1. The minimum atomic E-state index is -1.04. The van der Waals surface area contributed by atoms with Crippen LogP contribution in [0.25, 0.3) is 0 Å². The van der Waals surface area contributed by atoms with E-state index >= 15 is 0 Å². The van der Waals surface area contributed by atoms with Gasteiger partial charge in [0.05, 0.1) is 12.5 Å². The van der Waals surface area contributed by atoms with Gasteiger partial charge >= 0.3 is 5.97 Å². The number of hydrogen-bond donors (Lipinski definition) is 3. The zero-order chi connectivity index (χ0) is 16.1. The number of carbonyl (C=O) groups is 2. The van der Waals surface area contributed by atoms with Crippen molar-refractivity contribution in [3.8, 4) is 0 Å². The molecule has 0 bridgehead atoms. The van der Waals surface area contributed by atoms with Gasteiger partial charge in [-0.2, -0.15) is 0 Å². The number of nitrogens with one attached hydrogen (secondary N) is 2. The maximum absolute atomic E-state index is 12.2. The molecular weight excluding hydrogens is 284 g/mol. The molecule has 2 aromatic rings. The Kier molecular flexibility index (Phi) is 4.73. The Labute approximate surface area is 126 Å². The molecule has 22 heavy (non-hydrogen) atoms. The van der Waals surface area contributed by atoms with Gasteiger partial charge in [-0.3, -0.25) is 14.4 Å². The molecule has 6 heteroatoms. The molecule has 1 atom stereocenters. The van der Waals surface area contributed by atoms with Crippen molar-refractivity contribution in [2.45, 2.75) is 19.4 Å². The number of carboxylic acids is 1. The summed E-state index contributed by atoms with van der Waals surface area (Å²) in [6.07, 6.45) is 1.06. The smallest absolute Gasteiger partial charge is 0.305 e. The summed E-state index contributed by atoms with van der Waals surface area (Å²) < 4.78 is 0. The number of rotatable bonds is 5. The lowest BCUT2D eigenvalue weighted by Crippen LogP contribution is -2.33. The van der Waals surface area contributed by atoms with E-state index in [0.29, 0.717) is 11.3 Å². The number of benzene rings is 1. The van der Waals surface area contributed by atoms with E-state index in [-0.39, 0.29) is 12.0 Å². The van der Waals surface area contributed by atoms with Crippen molar-refractivity contribution in [2.75, 3.05) is 0 Å². The normalized spacial score (nSPS) is 11.7. The Morgan fingerprint density at radius 1 is 1.27 bits per heavy atom. The first kappa shape index (κ1) is 15.5. The Morgan fingerprint density at radius 3 is 2.55 bits per heavy atom. The van der Waals surface area contributed by atoms with E-state index in [2.05, 4.69) is 10.3 Å². The average Bonchev–Trinajstić information content (AvgIpc) is 2.46. The molecule has 1 aromatic carbocycles. The summed E-state index contributed by atoms with van der Waals surface area (Å²) in [5, 5.41) is 11.6. The van der Waals surface area contributed by atoms with Gasteiger partial charge in [0.1, 0.15) is 5.56 Å². The molecule has 0 fully saturated rings. The Balaban J connectivity index is 2.25. The summed E-state index contributed by atoms with van der Waals surface area (Å²) >= 11 is 0. The molecule has 0 aliphatic carbocycles. The highest BCUT2D eigenvalue weighted by molar-refractivity contribution is 5.94. The number of carbonyl (C=O) groups excluding carboxylic acids is 1. The number of pyridine rings is 1. The zero-order valence-corrected chi connectivity index (χ0v) is 12.0. The fraction of sp³-hybridized carbons (Fsp3) is 0.188. The monoisotopic (exact) mass is 300 g/mol. The first-order chi connectivity index (χ1) is 10.5. The van der Waals surface area contributed by atoms with Crippen LogP contribution in [0.4, 0.5) is 0 Å². The first-order valence-corrected chi connectivity index (χ1v) is 6.74. The molecule has 1 aromatic heterocycles. The molecule has 0 aliphatic heterocycles. The van der Waals surface area contributed by atoms with Crippen LogP contribution in [-0.4, -0.2) is 22.0 Å². The quantitative estimate of drug-likeness (QED) is 0.781. The van der Waals surface area contributed by atoms with Crippen molar-refractivity contribution in [2.24, 2.45) is 0 Å². The standard InChI is InChI=1S/C16H16N2O4/c1-10-7-14(19)12(9-17-10)16(22)18-13(8-15(20)21)11-5-3-2-4-6-11/h2-7,9,13H,8H2,1H3,(H,17,19)(H,18,22)(H,20,21). The summed E-state index contributed by atoms with van der Waals surface area (Å²) in [6, 6.07) is 9.40. The summed E-state index contributed by atoms with van der Waals surface area (Å²) in [5.74, 6) is -1.64. The first-order valence-electron chi connectivity index (χ1n) is 6.74. The third-order valence-electron chi connectivity index (χ3n) is 3.19. The molecule has 0 saturated heterocycles. The average molecular weight is 300 g/mol. The van der Waals surface area contributed by atoms with Gasteiger partial charge in [-0.25, -0.2) is 0 Å². The van der Waals surface area contributed by atoms with Gasteiger partial charge in [0.25, 0.3) is 5.91 Å². The van der Waals surface area contributed by atoms with Gasteiger partial charge in [0, 0.05) is 18.0 Å². The van der Waals surface area contributed by atoms with Crippen LogP contribution in [-0.2, 0) is 4.79 Å². The molecule has 6 nitrogen and oxygen atoms in total. The van der Waals surface area contributed by atoms with Crippen LogP contribution in [0.1, 0.15) is 34.1 Å². The third-order valence-corrected chi connectivity index (χ3v) is 3.19. The topological polar surface area (TPSA) is 99.3 Å². The van der Waals surface area contributed by atoms with Gasteiger partial charge in [-0.05, 0) is 12.5 Å². The van der Waals surface area contributed by atoms with E-state index < -0.39 is 23.3 Å². The zero-order valence-electron chi connectivity index (χ0n) is 12.0.